The van der Waals surface area contributed by atoms with Crippen molar-refractivity contribution in [2.45, 2.75) is 31.3 Å². The summed E-state index contributed by atoms with van der Waals surface area (Å²) >= 11 is 0. The molecule has 2 N–H and O–H groups in total. The standard InChI is InChI=1S/C11H24N2O3/c1-14-10-4-5-13(9(6-10)7-12)8-11(15-2)16-3/h9-11H,4-8,12H2,1-3H3. The van der Waals surface area contributed by atoms with Gasteiger partial charge < -0.3 is 19.9 Å². The van der Waals surface area contributed by atoms with Crippen molar-refractivity contribution >= 4 is 0 Å². The van der Waals surface area contributed by atoms with Gasteiger partial charge >= 0.3 is 0 Å². The molecule has 16 heavy (non-hydrogen) atoms. The first-order chi connectivity index (χ1) is 7.74. The fraction of sp³-hybridized carbons (Fsp3) is 1.00. The van der Waals surface area contributed by atoms with Crippen molar-refractivity contribution in [3.8, 4) is 0 Å². The smallest absolute Gasteiger partial charge is 0.169 e. The van der Waals surface area contributed by atoms with Crippen LogP contribution in [-0.2, 0) is 14.2 Å². The molecule has 0 aromatic rings. The van der Waals surface area contributed by atoms with Gasteiger partial charge in [-0.2, -0.15) is 0 Å². The second kappa shape index (κ2) is 7.19. The van der Waals surface area contributed by atoms with Crippen molar-refractivity contribution in [1.29, 1.82) is 0 Å². The quantitative estimate of drug-likeness (QED) is 0.655. The minimum Gasteiger partial charge on any atom is -0.381 e. The van der Waals surface area contributed by atoms with Gasteiger partial charge in [-0.05, 0) is 12.8 Å². The highest BCUT2D eigenvalue weighted by Gasteiger charge is 2.28. The van der Waals surface area contributed by atoms with Crippen LogP contribution in [0, 0.1) is 0 Å². The average molecular weight is 232 g/mol. The molecular formula is C11H24N2O3. The molecule has 1 heterocycles. The van der Waals surface area contributed by atoms with Crippen LogP contribution in [0.3, 0.4) is 0 Å². The number of nitrogens with zero attached hydrogens (tertiary/aromatic N) is 1. The maximum atomic E-state index is 5.79. The first kappa shape index (κ1) is 13.9. The highest BCUT2D eigenvalue weighted by atomic mass is 16.7. The summed E-state index contributed by atoms with van der Waals surface area (Å²) in [6.07, 6.45) is 2.21. The van der Waals surface area contributed by atoms with Crippen LogP contribution in [0.2, 0.25) is 0 Å². The summed E-state index contributed by atoms with van der Waals surface area (Å²) in [5, 5.41) is 0. The lowest BCUT2D eigenvalue weighted by molar-refractivity contribution is -0.127. The van der Waals surface area contributed by atoms with Crippen molar-refractivity contribution in [2.75, 3.05) is 41.0 Å². The van der Waals surface area contributed by atoms with E-state index in [4.69, 9.17) is 19.9 Å². The van der Waals surface area contributed by atoms with Crippen LogP contribution in [0.15, 0.2) is 0 Å². The molecule has 0 aromatic heterocycles. The van der Waals surface area contributed by atoms with Gasteiger partial charge in [0.1, 0.15) is 0 Å². The molecule has 0 saturated carbocycles. The van der Waals surface area contributed by atoms with E-state index in [1.165, 1.54) is 0 Å². The number of hydrogen-bond acceptors (Lipinski definition) is 5. The zero-order valence-electron chi connectivity index (χ0n) is 10.5. The molecule has 0 aliphatic carbocycles. The lowest BCUT2D eigenvalue weighted by Gasteiger charge is -2.39. The van der Waals surface area contributed by atoms with Gasteiger partial charge in [0.25, 0.3) is 0 Å². The summed E-state index contributed by atoms with van der Waals surface area (Å²) in [5.74, 6) is 0. The maximum Gasteiger partial charge on any atom is 0.169 e. The van der Waals surface area contributed by atoms with E-state index in [0.717, 1.165) is 25.9 Å². The molecule has 1 fully saturated rings. The van der Waals surface area contributed by atoms with Crippen molar-refractivity contribution in [3.63, 3.8) is 0 Å². The Labute approximate surface area is 97.8 Å². The second-order valence-corrected chi connectivity index (χ2v) is 4.17. The van der Waals surface area contributed by atoms with E-state index >= 15 is 0 Å². The Morgan fingerprint density at radius 1 is 1.31 bits per heavy atom. The predicted molar refractivity (Wildman–Crippen MR) is 62.3 cm³/mol. The van der Waals surface area contributed by atoms with E-state index in [1.807, 2.05) is 0 Å². The zero-order chi connectivity index (χ0) is 12.0. The summed E-state index contributed by atoms with van der Waals surface area (Å²) in [4.78, 5) is 2.33. The van der Waals surface area contributed by atoms with Crippen LogP contribution >= 0.6 is 0 Å². The van der Waals surface area contributed by atoms with Crippen molar-refractivity contribution in [2.24, 2.45) is 5.73 Å². The molecule has 0 radical (unpaired) electrons. The molecule has 0 aromatic carbocycles. The lowest BCUT2D eigenvalue weighted by atomic mass is 9.99. The molecule has 1 aliphatic rings. The first-order valence-electron chi connectivity index (χ1n) is 5.77. The Morgan fingerprint density at radius 2 is 2.00 bits per heavy atom. The summed E-state index contributed by atoms with van der Waals surface area (Å²) in [6, 6.07) is 0.367. The van der Waals surface area contributed by atoms with E-state index in [0.29, 0.717) is 18.7 Å². The molecule has 0 spiro atoms. The van der Waals surface area contributed by atoms with E-state index in [2.05, 4.69) is 4.90 Å². The summed E-state index contributed by atoms with van der Waals surface area (Å²) in [7, 11) is 5.09. The summed E-state index contributed by atoms with van der Waals surface area (Å²) in [5.41, 5.74) is 5.79. The number of methoxy groups -OCH3 is 3. The number of nitrogens with two attached hydrogens (primary N) is 1. The molecular weight excluding hydrogens is 208 g/mol. The molecule has 5 nitrogen and oxygen atoms in total. The van der Waals surface area contributed by atoms with E-state index in [9.17, 15) is 0 Å². The molecule has 1 saturated heterocycles. The highest BCUT2D eigenvalue weighted by molar-refractivity contribution is 4.83. The Morgan fingerprint density at radius 3 is 2.50 bits per heavy atom. The first-order valence-corrected chi connectivity index (χ1v) is 5.77. The molecule has 0 amide bonds. The van der Waals surface area contributed by atoms with Gasteiger partial charge in [0, 0.05) is 47.0 Å². The zero-order valence-corrected chi connectivity index (χ0v) is 10.5. The third kappa shape index (κ3) is 3.68. The minimum atomic E-state index is -0.173. The molecule has 2 atom stereocenters. The maximum absolute atomic E-state index is 5.79. The molecule has 1 aliphatic heterocycles. The monoisotopic (exact) mass is 232 g/mol. The van der Waals surface area contributed by atoms with Gasteiger partial charge in [-0.3, -0.25) is 4.90 Å². The van der Waals surface area contributed by atoms with E-state index in [1.54, 1.807) is 21.3 Å². The number of rotatable bonds is 6. The van der Waals surface area contributed by atoms with Crippen LogP contribution in [0.5, 0.6) is 0 Å². The number of ether oxygens (including phenoxy) is 3. The fourth-order valence-electron chi connectivity index (χ4n) is 2.20. The number of hydrogen-bond donors (Lipinski definition) is 1. The van der Waals surface area contributed by atoms with Gasteiger partial charge in [0.2, 0.25) is 0 Å². The molecule has 96 valence electrons. The third-order valence-electron chi connectivity index (χ3n) is 3.30. The van der Waals surface area contributed by atoms with Crippen LogP contribution in [0.25, 0.3) is 0 Å². The molecule has 1 rings (SSSR count). The SMILES string of the molecule is COC1CCN(CC(OC)OC)C(CN)C1. The van der Waals surface area contributed by atoms with Crippen LogP contribution in [0.4, 0.5) is 0 Å². The van der Waals surface area contributed by atoms with E-state index < -0.39 is 0 Å². The van der Waals surface area contributed by atoms with Crippen LogP contribution in [-0.4, -0.2) is 64.3 Å². The normalized spacial score (nSPS) is 27.6. The largest absolute Gasteiger partial charge is 0.381 e. The fourth-order valence-corrected chi connectivity index (χ4v) is 2.20. The van der Waals surface area contributed by atoms with Gasteiger partial charge in [0.05, 0.1) is 6.10 Å². The van der Waals surface area contributed by atoms with Gasteiger partial charge in [-0.15, -0.1) is 0 Å². The van der Waals surface area contributed by atoms with Gasteiger partial charge in [-0.25, -0.2) is 0 Å². The van der Waals surface area contributed by atoms with Crippen molar-refractivity contribution in [1.82, 2.24) is 4.90 Å². The third-order valence-corrected chi connectivity index (χ3v) is 3.30. The topological polar surface area (TPSA) is 57.0 Å². The number of piperidine rings is 1. The van der Waals surface area contributed by atoms with Crippen LogP contribution < -0.4 is 5.73 Å². The Bertz CT molecular complexity index is 188. The summed E-state index contributed by atoms with van der Waals surface area (Å²) in [6.45, 7) is 2.41. The lowest BCUT2D eigenvalue weighted by Crippen LogP contribution is -2.51. The minimum absolute atomic E-state index is 0.173. The Balaban J connectivity index is 2.46. The highest BCUT2D eigenvalue weighted by Crippen LogP contribution is 2.19. The predicted octanol–water partition coefficient (Wildman–Crippen LogP) is 0.0434. The van der Waals surface area contributed by atoms with Gasteiger partial charge in [-0.1, -0.05) is 0 Å². The number of likely N-dealkylation sites (tertiary alicyclic amines) is 1. The van der Waals surface area contributed by atoms with Gasteiger partial charge in [0.15, 0.2) is 6.29 Å². The van der Waals surface area contributed by atoms with Crippen molar-refractivity contribution in [3.05, 3.63) is 0 Å². The average Bonchev–Trinajstić information content (AvgIpc) is 2.35. The van der Waals surface area contributed by atoms with E-state index in [-0.39, 0.29) is 6.29 Å². The summed E-state index contributed by atoms with van der Waals surface area (Å²) < 4.78 is 15.8. The molecule has 0 bridgehead atoms. The van der Waals surface area contributed by atoms with Crippen LogP contribution in [0.1, 0.15) is 12.8 Å². The Kier molecular flexibility index (Phi) is 6.23. The second-order valence-electron chi connectivity index (χ2n) is 4.17. The molecule has 2 unspecified atom stereocenters. The van der Waals surface area contributed by atoms with Crippen molar-refractivity contribution < 1.29 is 14.2 Å². The Hall–Kier alpha value is -0.200. The molecule has 5 heteroatoms.